The Balaban J connectivity index is 2.15. The van der Waals surface area contributed by atoms with E-state index in [1.807, 2.05) is 20.8 Å². The van der Waals surface area contributed by atoms with Crippen molar-refractivity contribution >= 4 is 28.4 Å². The summed E-state index contributed by atoms with van der Waals surface area (Å²) in [5.74, 6) is -0.415. The van der Waals surface area contributed by atoms with Crippen molar-refractivity contribution in [1.29, 1.82) is 0 Å². The number of unbranched alkanes of at least 4 members (excludes halogenated alkanes) is 1. The molecule has 3 N–H and O–H groups in total. The third-order valence-electron chi connectivity index (χ3n) is 5.02. The van der Waals surface area contributed by atoms with Gasteiger partial charge in [-0.05, 0) is 25.8 Å². The predicted octanol–water partition coefficient (Wildman–Crippen LogP) is 1.57. The van der Waals surface area contributed by atoms with Crippen molar-refractivity contribution < 1.29 is 4.79 Å². The molecule has 10 heteroatoms. The molecule has 0 fully saturated rings. The Bertz CT molecular complexity index is 1210. The van der Waals surface area contributed by atoms with Crippen LogP contribution < -0.4 is 21.9 Å². The second-order valence-corrected chi connectivity index (χ2v) is 7.26. The summed E-state index contributed by atoms with van der Waals surface area (Å²) in [5, 5.41) is 5.09. The number of carbonyl (C=O) groups excluding carboxylic acids is 1. The lowest BCUT2D eigenvalue weighted by molar-refractivity contribution is 0.0986. The molecular formula is C20H27N7O3. The van der Waals surface area contributed by atoms with Gasteiger partial charge in [0.1, 0.15) is 5.82 Å². The predicted molar refractivity (Wildman–Crippen MR) is 116 cm³/mol. The van der Waals surface area contributed by atoms with Gasteiger partial charge in [0.25, 0.3) is 11.5 Å². The highest BCUT2D eigenvalue weighted by Gasteiger charge is 2.25. The van der Waals surface area contributed by atoms with E-state index in [4.69, 9.17) is 5.73 Å². The number of aromatic nitrogens is 5. The Morgan fingerprint density at radius 3 is 2.67 bits per heavy atom. The summed E-state index contributed by atoms with van der Waals surface area (Å²) in [6.07, 6.45) is 3.60. The van der Waals surface area contributed by atoms with Crippen molar-refractivity contribution in [2.24, 2.45) is 7.05 Å². The highest BCUT2D eigenvalue weighted by Crippen LogP contribution is 2.22. The monoisotopic (exact) mass is 413 g/mol. The van der Waals surface area contributed by atoms with Gasteiger partial charge in [0.05, 0.1) is 11.3 Å². The highest BCUT2D eigenvalue weighted by molar-refractivity contribution is 6.08. The number of anilines is 2. The zero-order valence-corrected chi connectivity index (χ0v) is 17.7. The third-order valence-corrected chi connectivity index (χ3v) is 5.02. The molecule has 3 aromatic rings. The van der Waals surface area contributed by atoms with Crippen LogP contribution in [0, 0.1) is 6.92 Å². The molecule has 3 heterocycles. The minimum Gasteiger partial charge on any atom is -0.383 e. The molecule has 0 bridgehead atoms. The molecule has 0 aliphatic carbocycles. The molecule has 3 aromatic heterocycles. The van der Waals surface area contributed by atoms with Crippen LogP contribution in [0.5, 0.6) is 0 Å². The fraction of sp³-hybridized carbons (Fsp3) is 0.450. The van der Waals surface area contributed by atoms with E-state index >= 15 is 0 Å². The number of hydrogen-bond donors (Lipinski definition) is 2. The number of hydrogen-bond acceptors (Lipinski definition) is 6. The average molecular weight is 413 g/mol. The number of fused-ring (bicyclic) bond motifs is 1. The molecule has 0 aliphatic rings. The normalized spacial score (nSPS) is 11.2. The maximum Gasteiger partial charge on any atom is 0.330 e. The number of pyridine rings is 1. The summed E-state index contributed by atoms with van der Waals surface area (Å²) in [4.78, 5) is 46.3. The number of rotatable bonds is 7. The van der Waals surface area contributed by atoms with E-state index in [2.05, 4.69) is 15.1 Å². The first-order chi connectivity index (χ1) is 14.3. The number of aryl methyl sites for hydroxylation is 2. The van der Waals surface area contributed by atoms with E-state index in [1.54, 1.807) is 17.8 Å². The Labute approximate surface area is 173 Å². The fourth-order valence-electron chi connectivity index (χ4n) is 3.50. The summed E-state index contributed by atoms with van der Waals surface area (Å²) >= 11 is 0. The number of carbonyl (C=O) groups is 1. The van der Waals surface area contributed by atoms with E-state index in [1.165, 1.54) is 15.7 Å². The Hall–Kier alpha value is -3.43. The summed E-state index contributed by atoms with van der Waals surface area (Å²) in [7, 11) is 1.79. The minimum absolute atomic E-state index is 0.00972. The van der Waals surface area contributed by atoms with Crippen molar-refractivity contribution in [3.8, 4) is 0 Å². The second-order valence-electron chi connectivity index (χ2n) is 7.26. The molecule has 0 aromatic carbocycles. The zero-order chi connectivity index (χ0) is 22.0. The van der Waals surface area contributed by atoms with Gasteiger partial charge in [0, 0.05) is 31.7 Å². The molecular weight excluding hydrogens is 386 g/mol. The van der Waals surface area contributed by atoms with Gasteiger partial charge in [-0.2, -0.15) is 5.10 Å². The molecule has 0 atom stereocenters. The van der Waals surface area contributed by atoms with Gasteiger partial charge in [0.15, 0.2) is 11.3 Å². The SMILES string of the molecule is CCCCN(C(=O)c1cnc2c(c1)c(C)nn2C)c1c(N)n(CCC)c(=O)[nH]c1=O. The van der Waals surface area contributed by atoms with Crippen LogP contribution >= 0.6 is 0 Å². The lowest BCUT2D eigenvalue weighted by Gasteiger charge is -2.24. The van der Waals surface area contributed by atoms with E-state index < -0.39 is 17.2 Å². The molecule has 30 heavy (non-hydrogen) atoms. The number of nitrogens with zero attached hydrogens (tertiary/aromatic N) is 5. The first kappa shape index (κ1) is 21.3. The summed E-state index contributed by atoms with van der Waals surface area (Å²) in [5.41, 5.74) is 6.66. The van der Waals surface area contributed by atoms with Crippen LogP contribution in [-0.2, 0) is 13.6 Å². The minimum atomic E-state index is -0.680. The van der Waals surface area contributed by atoms with E-state index in [0.29, 0.717) is 30.6 Å². The molecule has 0 aliphatic heterocycles. The van der Waals surface area contributed by atoms with Crippen molar-refractivity contribution in [2.45, 2.75) is 46.6 Å². The molecule has 0 saturated carbocycles. The highest BCUT2D eigenvalue weighted by atomic mass is 16.2. The Kier molecular flexibility index (Phi) is 6.04. The average Bonchev–Trinajstić information content (AvgIpc) is 3.00. The maximum absolute atomic E-state index is 13.4. The van der Waals surface area contributed by atoms with Crippen LogP contribution in [0.15, 0.2) is 21.9 Å². The van der Waals surface area contributed by atoms with Crippen molar-refractivity contribution in [3.05, 3.63) is 44.4 Å². The first-order valence-electron chi connectivity index (χ1n) is 10.0. The number of nitrogen functional groups attached to an aromatic ring is 1. The molecule has 0 unspecified atom stereocenters. The number of nitrogens with one attached hydrogen (secondary N) is 1. The number of nitrogens with two attached hydrogens (primary N) is 1. The largest absolute Gasteiger partial charge is 0.383 e. The first-order valence-corrected chi connectivity index (χ1v) is 10.0. The fourth-order valence-corrected chi connectivity index (χ4v) is 3.50. The lowest BCUT2D eigenvalue weighted by atomic mass is 10.1. The zero-order valence-electron chi connectivity index (χ0n) is 17.7. The van der Waals surface area contributed by atoms with Gasteiger partial charge < -0.3 is 10.6 Å². The molecule has 3 rings (SSSR count). The van der Waals surface area contributed by atoms with Crippen LogP contribution in [0.1, 0.15) is 49.2 Å². The van der Waals surface area contributed by atoms with Gasteiger partial charge in [-0.25, -0.2) is 9.78 Å². The van der Waals surface area contributed by atoms with Crippen LogP contribution in [0.2, 0.25) is 0 Å². The smallest absolute Gasteiger partial charge is 0.330 e. The Morgan fingerprint density at radius 1 is 1.27 bits per heavy atom. The summed E-state index contributed by atoms with van der Waals surface area (Å²) in [6, 6.07) is 1.72. The van der Waals surface area contributed by atoms with Gasteiger partial charge >= 0.3 is 5.69 Å². The van der Waals surface area contributed by atoms with Gasteiger partial charge in [-0.3, -0.25) is 23.8 Å². The molecule has 0 saturated heterocycles. The van der Waals surface area contributed by atoms with Crippen LogP contribution in [0.4, 0.5) is 11.5 Å². The molecule has 1 amide bonds. The summed E-state index contributed by atoms with van der Waals surface area (Å²) < 4.78 is 2.94. The summed E-state index contributed by atoms with van der Waals surface area (Å²) in [6.45, 7) is 6.36. The van der Waals surface area contributed by atoms with E-state index in [9.17, 15) is 14.4 Å². The second kappa shape index (κ2) is 8.52. The standard InChI is InChI=1S/C20H27N7O3/c1-5-7-9-26(15-16(21)27(8-6-2)20(30)23-18(15)28)19(29)13-10-14-12(3)24-25(4)17(14)22-11-13/h10-11H,5-9,21H2,1-4H3,(H,23,28,30). The van der Waals surface area contributed by atoms with E-state index in [-0.39, 0.29) is 18.1 Å². The Morgan fingerprint density at radius 2 is 2.00 bits per heavy atom. The topological polar surface area (TPSA) is 132 Å². The van der Waals surface area contributed by atoms with E-state index in [0.717, 1.165) is 17.5 Å². The molecule has 0 radical (unpaired) electrons. The molecule has 160 valence electrons. The van der Waals surface area contributed by atoms with Crippen molar-refractivity contribution in [2.75, 3.05) is 17.2 Å². The maximum atomic E-state index is 13.4. The lowest BCUT2D eigenvalue weighted by Crippen LogP contribution is -2.41. The third kappa shape index (κ3) is 3.72. The van der Waals surface area contributed by atoms with Gasteiger partial charge in [0.2, 0.25) is 0 Å². The van der Waals surface area contributed by atoms with Crippen LogP contribution in [-0.4, -0.2) is 36.8 Å². The molecule has 10 nitrogen and oxygen atoms in total. The van der Waals surface area contributed by atoms with Gasteiger partial charge in [-0.15, -0.1) is 0 Å². The van der Waals surface area contributed by atoms with Crippen LogP contribution in [0.25, 0.3) is 11.0 Å². The number of amides is 1. The van der Waals surface area contributed by atoms with Gasteiger partial charge in [-0.1, -0.05) is 20.3 Å². The van der Waals surface area contributed by atoms with Crippen molar-refractivity contribution in [3.63, 3.8) is 0 Å². The number of aromatic amines is 1. The molecule has 0 spiro atoms. The number of H-pyrrole nitrogens is 1. The van der Waals surface area contributed by atoms with Crippen molar-refractivity contribution in [1.82, 2.24) is 24.3 Å². The van der Waals surface area contributed by atoms with Crippen LogP contribution in [0.3, 0.4) is 0 Å². The quantitative estimate of drug-likeness (QED) is 0.604.